The first-order valence-electron chi connectivity index (χ1n) is 7.15. The molecule has 0 fully saturated rings. The van der Waals surface area contributed by atoms with Crippen LogP contribution in [0.2, 0.25) is 0 Å². The number of rotatable bonds is 4. The number of nitrogens with zero attached hydrogens (tertiary/aromatic N) is 1. The van der Waals surface area contributed by atoms with Crippen molar-refractivity contribution < 1.29 is 5.11 Å². The Kier molecular flexibility index (Phi) is 3.81. The topological polar surface area (TPSA) is 45.1 Å². The number of aromatic nitrogens is 1. The van der Waals surface area contributed by atoms with Gasteiger partial charge in [-0.25, -0.2) is 0 Å². The fourth-order valence-corrected chi connectivity index (χ4v) is 2.89. The Morgan fingerprint density at radius 3 is 2.90 bits per heavy atom. The summed E-state index contributed by atoms with van der Waals surface area (Å²) in [6.45, 7) is 2.70. The van der Waals surface area contributed by atoms with E-state index >= 15 is 0 Å². The van der Waals surface area contributed by atoms with Crippen LogP contribution in [0.25, 0.3) is 0 Å². The molecule has 0 bridgehead atoms. The number of aliphatic hydroxyl groups excluding tert-OH is 1. The van der Waals surface area contributed by atoms with Crippen LogP contribution in [0.4, 0.5) is 0 Å². The van der Waals surface area contributed by atoms with Crippen molar-refractivity contribution in [2.75, 3.05) is 6.54 Å². The lowest BCUT2D eigenvalue weighted by Gasteiger charge is -2.18. The fourth-order valence-electron chi connectivity index (χ4n) is 2.89. The Balaban J connectivity index is 1.65. The van der Waals surface area contributed by atoms with Gasteiger partial charge in [0, 0.05) is 25.0 Å². The molecule has 1 aliphatic rings. The Labute approximate surface area is 119 Å². The molecule has 1 heterocycles. The van der Waals surface area contributed by atoms with Crippen molar-refractivity contribution in [1.82, 2.24) is 10.3 Å². The highest BCUT2D eigenvalue weighted by Crippen LogP contribution is 2.32. The number of aliphatic hydroxyl groups is 1. The predicted octanol–water partition coefficient (Wildman–Crippen LogP) is 2.70. The van der Waals surface area contributed by atoms with Crippen molar-refractivity contribution in [3.63, 3.8) is 0 Å². The summed E-state index contributed by atoms with van der Waals surface area (Å²) in [5.74, 6) is 0. The Bertz CT molecular complexity index is 583. The quantitative estimate of drug-likeness (QED) is 0.896. The summed E-state index contributed by atoms with van der Waals surface area (Å²) in [5.41, 5.74) is 5.04. The van der Waals surface area contributed by atoms with Gasteiger partial charge in [0.1, 0.15) is 0 Å². The molecule has 0 spiro atoms. The second-order valence-electron chi connectivity index (χ2n) is 5.50. The third-order valence-electron chi connectivity index (χ3n) is 4.03. The lowest BCUT2D eigenvalue weighted by atomic mass is 10.0. The monoisotopic (exact) mass is 268 g/mol. The molecule has 0 saturated carbocycles. The number of pyridine rings is 1. The van der Waals surface area contributed by atoms with Crippen LogP contribution >= 0.6 is 0 Å². The molecule has 3 heteroatoms. The SMILES string of the molecule is Cc1ccc2c(c1)C(NCC(O)c1ccncc1)CC2. The van der Waals surface area contributed by atoms with Crippen LogP contribution in [0, 0.1) is 6.92 Å². The molecule has 1 aromatic carbocycles. The van der Waals surface area contributed by atoms with Gasteiger partial charge in [-0.05, 0) is 48.6 Å². The minimum absolute atomic E-state index is 0.362. The van der Waals surface area contributed by atoms with E-state index in [0.29, 0.717) is 12.6 Å². The maximum atomic E-state index is 10.2. The maximum Gasteiger partial charge on any atom is 0.0915 e. The lowest BCUT2D eigenvalue weighted by Crippen LogP contribution is -2.25. The lowest BCUT2D eigenvalue weighted by molar-refractivity contribution is 0.169. The summed E-state index contributed by atoms with van der Waals surface area (Å²) in [7, 11) is 0. The van der Waals surface area contributed by atoms with E-state index in [1.54, 1.807) is 12.4 Å². The molecule has 0 amide bonds. The van der Waals surface area contributed by atoms with Gasteiger partial charge in [0.25, 0.3) is 0 Å². The smallest absolute Gasteiger partial charge is 0.0915 e. The molecule has 3 rings (SSSR count). The van der Waals surface area contributed by atoms with Crippen LogP contribution in [-0.2, 0) is 6.42 Å². The summed E-state index contributed by atoms with van der Waals surface area (Å²) in [6, 6.07) is 10.7. The van der Waals surface area contributed by atoms with E-state index in [-0.39, 0.29) is 0 Å². The molecule has 2 N–H and O–H groups in total. The van der Waals surface area contributed by atoms with Crippen molar-refractivity contribution in [2.24, 2.45) is 0 Å². The third kappa shape index (κ3) is 2.74. The van der Waals surface area contributed by atoms with Crippen molar-refractivity contribution >= 4 is 0 Å². The Morgan fingerprint density at radius 2 is 2.10 bits per heavy atom. The normalized spacial score (nSPS) is 18.8. The number of hydrogen-bond donors (Lipinski definition) is 2. The summed E-state index contributed by atoms with van der Waals surface area (Å²) >= 11 is 0. The van der Waals surface area contributed by atoms with Crippen LogP contribution in [0.3, 0.4) is 0 Å². The summed E-state index contributed by atoms with van der Waals surface area (Å²) in [4.78, 5) is 3.97. The van der Waals surface area contributed by atoms with Crippen molar-refractivity contribution in [2.45, 2.75) is 31.9 Å². The van der Waals surface area contributed by atoms with Crippen molar-refractivity contribution in [3.05, 3.63) is 65.0 Å². The fraction of sp³-hybridized carbons (Fsp3) is 0.353. The van der Waals surface area contributed by atoms with Gasteiger partial charge in [-0.1, -0.05) is 23.8 Å². The molecule has 2 atom stereocenters. The van der Waals surface area contributed by atoms with Gasteiger partial charge in [-0.3, -0.25) is 4.98 Å². The van der Waals surface area contributed by atoms with E-state index in [2.05, 4.69) is 35.4 Å². The van der Waals surface area contributed by atoms with E-state index in [1.165, 1.54) is 16.7 Å². The minimum Gasteiger partial charge on any atom is -0.387 e. The highest BCUT2D eigenvalue weighted by Gasteiger charge is 2.22. The molecular formula is C17H20N2O. The first-order chi connectivity index (χ1) is 9.74. The van der Waals surface area contributed by atoms with E-state index in [9.17, 15) is 5.11 Å². The molecular weight excluding hydrogens is 248 g/mol. The number of hydrogen-bond acceptors (Lipinski definition) is 3. The summed E-state index contributed by atoms with van der Waals surface area (Å²) in [6.07, 6.45) is 5.19. The first-order valence-corrected chi connectivity index (χ1v) is 7.15. The Morgan fingerprint density at radius 1 is 1.30 bits per heavy atom. The average molecular weight is 268 g/mol. The molecule has 1 aliphatic carbocycles. The zero-order chi connectivity index (χ0) is 13.9. The first kappa shape index (κ1) is 13.3. The van der Waals surface area contributed by atoms with Gasteiger partial charge in [-0.15, -0.1) is 0 Å². The molecule has 1 aromatic heterocycles. The number of nitrogens with one attached hydrogen (secondary N) is 1. The van der Waals surface area contributed by atoms with Gasteiger partial charge >= 0.3 is 0 Å². The molecule has 0 saturated heterocycles. The van der Waals surface area contributed by atoms with Gasteiger partial charge in [-0.2, -0.15) is 0 Å². The van der Waals surface area contributed by atoms with Gasteiger partial charge < -0.3 is 10.4 Å². The molecule has 104 valence electrons. The maximum absolute atomic E-state index is 10.2. The molecule has 0 radical (unpaired) electrons. The molecule has 2 unspecified atom stereocenters. The predicted molar refractivity (Wildman–Crippen MR) is 79.4 cm³/mol. The van der Waals surface area contributed by atoms with Crippen LogP contribution in [-0.4, -0.2) is 16.6 Å². The third-order valence-corrected chi connectivity index (χ3v) is 4.03. The molecule has 3 nitrogen and oxygen atoms in total. The molecule has 20 heavy (non-hydrogen) atoms. The Hall–Kier alpha value is -1.71. The zero-order valence-electron chi connectivity index (χ0n) is 11.7. The van der Waals surface area contributed by atoms with Gasteiger partial charge in [0.05, 0.1) is 6.10 Å². The highest BCUT2D eigenvalue weighted by atomic mass is 16.3. The van der Waals surface area contributed by atoms with Gasteiger partial charge in [0.2, 0.25) is 0 Å². The minimum atomic E-state index is -0.480. The van der Waals surface area contributed by atoms with Crippen LogP contribution < -0.4 is 5.32 Å². The van der Waals surface area contributed by atoms with Crippen molar-refractivity contribution in [1.29, 1.82) is 0 Å². The van der Waals surface area contributed by atoms with Crippen molar-refractivity contribution in [3.8, 4) is 0 Å². The average Bonchev–Trinajstić information content (AvgIpc) is 2.88. The highest BCUT2D eigenvalue weighted by molar-refractivity contribution is 5.37. The van der Waals surface area contributed by atoms with E-state index in [1.807, 2.05) is 12.1 Å². The zero-order valence-corrected chi connectivity index (χ0v) is 11.7. The number of fused-ring (bicyclic) bond motifs is 1. The van der Waals surface area contributed by atoms with E-state index in [0.717, 1.165) is 18.4 Å². The second-order valence-corrected chi connectivity index (χ2v) is 5.50. The van der Waals surface area contributed by atoms with E-state index in [4.69, 9.17) is 0 Å². The van der Waals surface area contributed by atoms with E-state index < -0.39 is 6.10 Å². The second kappa shape index (κ2) is 5.73. The van der Waals surface area contributed by atoms with Gasteiger partial charge in [0.15, 0.2) is 0 Å². The van der Waals surface area contributed by atoms with Crippen LogP contribution in [0.5, 0.6) is 0 Å². The summed E-state index contributed by atoms with van der Waals surface area (Å²) < 4.78 is 0. The summed E-state index contributed by atoms with van der Waals surface area (Å²) in [5, 5.41) is 13.7. The van der Waals surface area contributed by atoms with Crippen LogP contribution in [0.15, 0.2) is 42.7 Å². The largest absolute Gasteiger partial charge is 0.387 e. The molecule has 2 aromatic rings. The standard InChI is InChI=1S/C17H20N2O/c1-12-2-3-13-4-5-16(15(13)10-12)19-11-17(20)14-6-8-18-9-7-14/h2-3,6-10,16-17,19-20H,4-5,11H2,1H3. The number of benzene rings is 1. The molecule has 0 aliphatic heterocycles. The number of aryl methyl sites for hydroxylation is 2. The van der Waals surface area contributed by atoms with Crippen LogP contribution in [0.1, 0.15) is 40.8 Å².